The molecule has 42 heavy (non-hydrogen) atoms. The third kappa shape index (κ3) is 5.32. The first-order chi connectivity index (χ1) is 20.3. The Balaban J connectivity index is 1.34. The molecule has 0 unspecified atom stereocenters. The van der Waals surface area contributed by atoms with Crippen LogP contribution in [0.3, 0.4) is 0 Å². The average Bonchev–Trinajstić information content (AvgIpc) is 2.97. The lowest BCUT2D eigenvalue weighted by Gasteiger charge is -2.42. The van der Waals surface area contributed by atoms with E-state index in [1.54, 1.807) is 6.07 Å². The molecule has 0 bridgehead atoms. The maximum atomic E-state index is 14.5. The van der Waals surface area contributed by atoms with Crippen LogP contribution in [0.2, 0.25) is 5.02 Å². The summed E-state index contributed by atoms with van der Waals surface area (Å²) in [7, 11) is 0. The summed E-state index contributed by atoms with van der Waals surface area (Å²) in [5.74, 6) is -1.38. The highest BCUT2D eigenvalue weighted by Gasteiger charge is 2.35. The van der Waals surface area contributed by atoms with Crippen molar-refractivity contribution in [2.24, 2.45) is 5.92 Å². The van der Waals surface area contributed by atoms with E-state index in [1.807, 2.05) is 23.1 Å². The number of rotatable bonds is 7. The molecule has 3 aliphatic rings. The van der Waals surface area contributed by atoms with Gasteiger partial charge in [0.15, 0.2) is 5.83 Å². The van der Waals surface area contributed by atoms with Gasteiger partial charge in [-0.15, -0.1) is 0 Å². The van der Waals surface area contributed by atoms with Crippen molar-refractivity contribution >= 4 is 39.8 Å². The third-order valence-electron chi connectivity index (χ3n) is 8.03. The number of amides is 1. The van der Waals surface area contributed by atoms with Crippen LogP contribution in [0, 0.1) is 23.1 Å². The second-order valence-corrected chi connectivity index (χ2v) is 11.1. The van der Waals surface area contributed by atoms with Crippen LogP contribution < -0.4 is 14.5 Å². The van der Waals surface area contributed by atoms with Gasteiger partial charge in [-0.3, -0.25) is 4.79 Å². The van der Waals surface area contributed by atoms with E-state index in [0.29, 0.717) is 63.6 Å². The second-order valence-electron chi connectivity index (χ2n) is 10.7. The van der Waals surface area contributed by atoms with E-state index in [1.165, 1.54) is 11.0 Å². The predicted octanol–water partition coefficient (Wildman–Crippen LogP) is 4.42. The number of benzene rings is 2. The maximum Gasteiger partial charge on any atom is 0.318 e. The van der Waals surface area contributed by atoms with Crippen LogP contribution in [-0.4, -0.2) is 72.8 Å². The van der Waals surface area contributed by atoms with Gasteiger partial charge in [-0.25, -0.2) is 8.78 Å². The van der Waals surface area contributed by atoms with Crippen LogP contribution in [-0.2, 0) is 22.5 Å². The lowest BCUT2D eigenvalue weighted by molar-refractivity contribution is -0.131. The number of carbonyl (C=O) groups is 1. The van der Waals surface area contributed by atoms with Crippen LogP contribution in [0.1, 0.15) is 17.7 Å². The first-order valence-electron chi connectivity index (χ1n) is 13.8. The topological polar surface area (TPSA) is 94.8 Å². The van der Waals surface area contributed by atoms with E-state index in [2.05, 4.69) is 17.5 Å². The number of nitriles is 1. The van der Waals surface area contributed by atoms with Gasteiger partial charge in [-0.05, 0) is 23.9 Å². The SMILES string of the molecule is C=C(F)C(=O)N1CCN(c2nc(OCC3COC3)nc3c2CCN(c2cccc4ccc(F)c(Cl)c24)C3)C[C@@H]1CC#N. The first-order valence-corrected chi connectivity index (χ1v) is 14.2. The minimum absolute atomic E-state index is 0.0417. The minimum atomic E-state index is -1.05. The molecule has 0 spiro atoms. The zero-order chi connectivity index (χ0) is 29.4. The van der Waals surface area contributed by atoms with Crippen LogP contribution in [0.15, 0.2) is 42.7 Å². The summed E-state index contributed by atoms with van der Waals surface area (Å²) >= 11 is 6.44. The molecule has 3 aliphatic heterocycles. The maximum absolute atomic E-state index is 14.5. The van der Waals surface area contributed by atoms with Gasteiger partial charge in [-0.1, -0.05) is 36.4 Å². The lowest BCUT2D eigenvalue weighted by Crippen LogP contribution is -2.55. The molecule has 218 valence electrons. The fourth-order valence-electron chi connectivity index (χ4n) is 5.80. The van der Waals surface area contributed by atoms with Crippen LogP contribution in [0.4, 0.5) is 20.3 Å². The Hall–Kier alpha value is -4.01. The first kappa shape index (κ1) is 28.1. The summed E-state index contributed by atoms with van der Waals surface area (Å²) in [5, 5.41) is 11.0. The number of nitrogens with zero attached hydrogens (tertiary/aromatic N) is 6. The van der Waals surface area contributed by atoms with Gasteiger partial charge >= 0.3 is 6.01 Å². The van der Waals surface area contributed by atoms with Gasteiger partial charge in [0.05, 0.1) is 55.6 Å². The van der Waals surface area contributed by atoms with Gasteiger partial charge in [-0.2, -0.15) is 15.2 Å². The molecule has 9 nitrogen and oxygen atoms in total. The van der Waals surface area contributed by atoms with Crippen molar-refractivity contribution in [3.8, 4) is 12.1 Å². The molecule has 1 atom stereocenters. The molecule has 3 aromatic rings. The van der Waals surface area contributed by atoms with Crippen LogP contribution >= 0.6 is 11.6 Å². The van der Waals surface area contributed by atoms with E-state index >= 15 is 0 Å². The van der Waals surface area contributed by atoms with Crippen LogP contribution in [0.5, 0.6) is 6.01 Å². The quantitative estimate of drug-likeness (QED) is 0.371. The molecule has 2 aromatic carbocycles. The van der Waals surface area contributed by atoms with E-state index in [0.717, 1.165) is 22.3 Å². The molecule has 1 amide bonds. The Morgan fingerprint density at radius 1 is 1.19 bits per heavy atom. The highest BCUT2D eigenvalue weighted by molar-refractivity contribution is 6.36. The molecule has 0 radical (unpaired) electrons. The number of fused-ring (bicyclic) bond motifs is 2. The van der Waals surface area contributed by atoms with Crippen molar-refractivity contribution in [2.75, 3.05) is 55.8 Å². The molecule has 6 rings (SSSR count). The van der Waals surface area contributed by atoms with Crippen molar-refractivity contribution in [3.05, 3.63) is 64.8 Å². The summed E-state index contributed by atoms with van der Waals surface area (Å²) in [6, 6.07) is 10.6. The van der Waals surface area contributed by atoms with Gasteiger partial charge in [0.1, 0.15) is 11.6 Å². The summed E-state index contributed by atoms with van der Waals surface area (Å²) < 4.78 is 39.5. The van der Waals surface area contributed by atoms with E-state index < -0.39 is 23.6 Å². The Morgan fingerprint density at radius 2 is 2.02 bits per heavy atom. The number of piperazine rings is 1. The molecule has 4 heterocycles. The smallest absolute Gasteiger partial charge is 0.318 e. The number of aromatic nitrogens is 2. The van der Waals surface area contributed by atoms with E-state index in [-0.39, 0.29) is 29.9 Å². The third-order valence-corrected chi connectivity index (χ3v) is 8.40. The van der Waals surface area contributed by atoms with Crippen LogP contribution in [0.25, 0.3) is 10.8 Å². The standard InChI is InChI=1S/C30H29ClF2N6O3/c1-18(32)29(40)39-12-11-38(13-21(39)7-9-34)28-22-8-10-37(14-24(22)35-30(36-28)42-17-19-15-41-16-19)25-4-2-3-20-5-6-23(33)27(31)26(20)25/h2-6,19,21H,1,7-8,10-17H2/t21-/m0/s1. The fourth-order valence-corrected chi connectivity index (χ4v) is 6.07. The largest absolute Gasteiger partial charge is 0.463 e. The molecule has 0 N–H and O–H groups in total. The molecule has 2 fully saturated rings. The summed E-state index contributed by atoms with van der Waals surface area (Å²) in [4.78, 5) is 27.5. The van der Waals surface area contributed by atoms with Gasteiger partial charge in [0.2, 0.25) is 0 Å². The monoisotopic (exact) mass is 594 g/mol. The van der Waals surface area contributed by atoms with Crippen molar-refractivity contribution in [2.45, 2.75) is 25.4 Å². The average molecular weight is 595 g/mol. The molecule has 2 saturated heterocycles. The van der Waals surface area contributed by atoms with Crippen molar-refractivity contribution in [1.82, 2.24) is 14.9 Å². The number of hydrogen-bond acceptors (Lipinski definition) is 8. The van der Waals surface area contributed by atoms with Gasteiger partial charge in [0.25, 0.3) is 5.91 Å². The molecule has 1 aromatic heterocycles. The number of anilines is 2. The zero-order valence-electron chi connectivity index (χ0n) is 22.9. The Morgan fingerprint density at radius 3 is 2.76 bits per heavy atom. The fraction of sp³-hybridized carbons (Fsp3) is 0.400. The molecule has 0 saturated carbocycles. The minimum Gasteiger partial charge on any atom is -0.463 e. The molecule has 0 aliphatic carbocycles. The Bertz CT molecular complexity index is 1590. The highest BCUT2D eigenvalue weighted by atomic mass is 35.5. The highest BCUT2D eigenvalue weighted by Crippen LogP contribution is 2.38. The number of ether oxygens (including phenoxy) is 2. The van der Waals surface area contributed by atoms with Gasteiger partial charge < -0.3 is 24.2 Å². The Kier molecular flexibility index (Phi) is 7.84. The summed E-state index contributed by atoms with van der Waals surface area (Å²) in [6.45, 7) is 6.73. The molecular weight excluding hydrogens is 566 g/mol. The van der Waals surface area contributed by atoms with E-state index in [9.17, 15) is 18.8 Å². The summed E-state index contributed by atoms with van der Waals surface area (Å²) in [6.07, 6.45) is 0.633. The van der Waals surface area contributed by atoms with E-state index in [4.69, 9.17) is 31.0 Å². The summed E-state index contributed by atoms with van der Waals surface area (Å²) in [5.41, 5.74) is 2.51. The zero-order valence-corrected chi connectivity index (χ0v) is 23.6. The lowest BCUT2D eigenvalue weighted by atomic mass is 10.0. The van der Waals surface area contributed by atoms with Crippen molar-refractivity contribution in [3.63, 3.8) is 0 Å². The Labute approximate surface area is 246 Å². The number of halogens is 3. The normalized spacial score (nSPS) is 18.8. The van der Waals surface area contributed by atoms with Gasteiger partial charge in [0, 0.05) is 48.7 Å². The van der Waals surface area contributed by atoms with Crippen molar-refractivity contribution in [1.29, 1.82) is 5.26 Å². The van der Waals surface area contributed by atoms with Crippen molar-refractivity contribution < 1.29 is 23.0 Å². The molecular formula is C30H29ClF2N6O3. The predicted molar refractivity (Wildman–Crippen MR) is 154 cm³/mol. The number of carbonyl (C=O) groups excluding carboxylic acids is 1. The number of hydrogen-bond donors (Lipinski definition) is 0. The molecule has 12 heteroatoms. The second kappa shape index (κ2) is 11.7.